The molecule has 54 valence electrons. The second-order valence-corrected chi connectivity index (χ2v) is 2.52. The average molecular weight is 138 g/mol. The molecule has 1 heterocycles. The summed E-state index contributed by atoms with van der Waals surface area (Å²) >= 11 is 0. The van der Waals surface area contributed by atoms with Crippen LogP contribution in [0.3, 0.4) is 0 Å². The van der Waals surface area contributed by atoms with Crippen LogP contribution in [0.15, 0.2) is 27.6 Å². The standard InChI is InChI=1S/C8H10O2/c1-6(2)8-5-7(9)3-4-10-8/h3-6H,1-2H3. The van der Waals surface area contributed by atoms with Crippen LogP contribution in [0.1, 0.15) is 25.5 Å². The third kappa shape index (κ3) is 1.47. The van der Waals surface area contributed by atoms with Crippen molar-refractivity contribution in [1.29, 1.82) is 0 Å². The van der Waals surface area contributed by atoms with Gasteiger partial charge in [0.1, 0.15) is 5.76 Å². The van der Waals surface area contributed by atoms with E-state index in [1.807, 2.05) is 13.8 Å². The molecule has 0 amide bonds. The van der Waals surface area contributed by atoms with Gasteiger partial charge in [-0.05, 0) is 0 Å². The van der Waals surface area contributed by atoms with Gasteiger partial charge in [-0.3, -0.25) is 4.79 Å². The van der Waals surface area contributed by atoms with Crippen molar-refractivity contribution in [2.24, 2.45) is 0 Å². The normalized spacial score (nSPS) is 10.3. The van der Waals surface area contributed by atoms with Crippen molar-refractivity contribution < 1.29 is 4.42 Å². The van der Waals surface area contributed by atoms with Crippen LogP contribution in [-0.2, 0) is 0 Å². The molecule has 0 spiro atoms. The Labute approximate surface area is 59.5 Å². The zero-order chi connectivity index (χ0) is 7.56. The van der Waals surface area contributed by atoms with E-state index in [-0.39, 0.29) is 11.3 Å². The van der Waals surface area contributed by atoms with Crippen LogP contribution in [0.2, 0.25) is 0 Å². The molecule has 0 aliphatic heterocycles. The largest absolute Gasteiger partial charge is 0.469 e. The summed E-state index contributed by atoms with van der Waals surface area (Å²) in [6.07, 6.45) is 1.43. The lowest BCUT2D eigenvalue weighted by atomic mass is 10.1. The van der Waals surface area contributed by atoms with Crippen LogP contribution >= 0.6 is 0 Å². The van der Waals surface area contributed by atoms with Crippen LogP contribution in [-0.4, -0.2) is 0 Å². The molecule has 2 nitrogen and oxygen atoms in total. The molecule has 0 aromatic carbocycles. The van der Waals surface area contributed by atoms with Gasteiger partial charge in [0.05, 0.1) is 6.26 Å². The van der Waals surface area contributed by atoms with Gasteiger partial charge in [0.25, 0.3) is 0 Å². The lowest BCUT2D eigenvalue weighted by Crippen LogP contribution is -1.98. The van der Waals surface area contributed by atoms with Gasteiger partial charge in [-0.15, -0.1) is 0 Å². The predicted octanol–water partition coefficient (Wildman–Crippen LogP) is 1.76. The highest BCUT2D eigenvalue weighted by atomic mass is 16.3. The maximum absolute atomic E-state index is 10.7. The fraction of sp³-hybridized carbons (Fsp3) is 0.375. The number of hydrogen-bond donors (Lipinski definition) is 0. The monoisotopic (exact) mass is 138 g/mol. The Morgan fingerprint density at radius 3 is 2.60 bits per heavy atom. The molecule has 2 heteroatoms. The van der Waals surface area contributed by atoms with E-state index in [1.165, 1.54) is 18.4 Å². The quantitative estimate of drug-likeness (QED) is 0.592. The van der Waals surface area contributed by atoms with Gasteiger partial charge >= 0.3 is 0 Å². The molecule has 0 unspecified atom stereocenters. The summed E-state index contributed by atoms with van der Waals surface area (Å²) in [7, 11) is 0. The van der Waals surface area contributed by atoms with E-state index < -0.39 is 0 Å². The van der Waals surface area contributed by atoms with E-state index in [0.29, 0.717) is 0 Å². The minimum Gasteiger partial charge on any atom is -0.469 e. The smallest absolute Gasteiger partial charge is 0.185 e. The number of hydrogen-bond acceptors (Lipinski definition) is 2. The summed E-state index contributed by atoms with van der Waals surface area (Å²) in [5.74, 6) is 1.03. The van der Waals surface area contributed by atoms with E-state index in [1.54, 1.807) is 0 Å². The minimum atomic E-state index is 0.00921. The Morgan fingerprint density at radius 2 is 2.20 bits per heavy atom. The highest BCUT2D eigenvalue weighted by Gasteiger charge is 1.99. The van der Waals surface area contributed by atoms with Gasteiger partial charge in [0.15, 0.2) is 5.43 Å². The molecule has 0 saturated heterocycles. The molecule has 1 aromatic rings. The van der Waals surface area contributed by atoms with E-state index in [4.69, 9.17) is 4.42 Å². The van der Waals surface area contributed by atoms with Crippen LogP contribution in [0.5, 0.6) is 0 Å². The topological polar surface area (TPSA) is 30.2 Å². The van der Waals surface area contributed by atoms with Gasteiger partial charge in [-0.2, -0.15) is 0 Å². The second-order valence-electron chi connectivity index (χ2n) is 2.52. The Bertz CT molecular complexity index is 260. The molecular formula is C8H10O2. The molecule has 0 aliphatic rings. The lowest BCUT2D eigenvalue weighted by Gasteiger charge is -1.99. The second kappa shape index (κ2) is 2.69. The highest BCUT2D eigenvalue weighted by molar-refractivity contribution is 5.03. The first-order chi connectivity index (χ1) is 4.70. The highest BCUT2D eigenvalue weighted by Crippen LogP contribution is 2.09. The van der Waals surface area contributed by atoms with E-state index >= 15 is 0 Å². The first-order valence-electron chi connectivity index (χ1n) is 3.29. The van der Waals surface area contributed by atoms with E-state index in [0.717, 1.165) is 5.76 Å². The summed E-state index contributed by atoms with van der Waals surface area (Å²) in [5.41, 5.74) is 0.00921. The Kier molecular flexibility index (Phi) is 1.90. The Hall–Kier alpha value is -1.05. The molecule has 1 rings (SSSR count). The zero-order valence-corrected chi connectivity index (χ0v) is 6.13. The Balaban J connectivity index is 3.07. The number of rotatable bonds is 1. The van der Waals surface area contributed by atoms with Gasteiger partial charge in [0.2, 0.25) is 0 Å². The van der Waals surface area contributed by atoms with E-state index in [2.05, 4.69) is 0 Å². The van der Waals surface area contributed by atoms with Crippen LogP contribution in [0.25, 0.3) is 0 Å². The molecule has 0 bridgehead atoms. The maximum Gasteiger partial charge on any atom is 0.185 e. The molecular weight excluding hydrogens is 128 g/mol. The van der Waals surface area contributed by atoms with Gasteiger partial charge in [0, 0.05) is 18.1 Å². The summed E-state index contributed by atoms with van der Waals surface area (Å²) in [5, 5.41) is 0. The molecule has 0 radical (unpaired) electrons. The summed E-state index contributed by atoms with van der Waals surface area (Å²) in [6.45, 7) is 3.97. The molecule has 0 N–H and O–H groups in total. The van der Waals surface area contributed by atoms with Crippen molar-refractivity contribution in [3.05, 3.63) is 34.4 Å². The lowest BCUT2D eigenvalue weighted by molar-refractivity contribution is 0.468. The zero-order valence-electron chi connectivity index (χ0n) is 6.13. The third-order valence-electron chi connectivity index (χ3n) is 1.29. The molecule has 0 aliphatic carbocycles. The summed E-state index contributed by atoms with van der Waals surface area (Å²) in [6, 6.07) is 2.93. The van der Waals surface area contributed by atoms with Crippen molar-refractivity contribution in [1.82, 2.24) is 0 Å². The minimum absolute atomic E-state index is 0.00921. The van der Waals surface area contributed by atoms with Crippen molar-refractivity contribution in [3.8, 4) is 0 Å². The van der Waals surface area contributed by atoms with Gasteiger partial charge in [-0.25, -0.2) is 0 Å². The van der Waals surface area contributed by atoms with Crippen LogP contribution < -0.4 is 5.43 Å². The molecule has 0 fully saturated rings. The van der Waals surface area contributed by atoms with Gasteiger partial charge in [-0.1, -0.05) is 13.8 Å². The predicted molar refractivity (Wildman–Crippen MR) is 39.1 cm³/mol. The summed E-state index contributed by atoms with van der Waals surface area (Å²) in [4.78, 5) is 10.7. The Morgan fingerprint density at radius 1 is 1.50 bits per heavy atom. The van der Waals surface area contributed by atoms with Crippen molar-refractivity contribution >= 4 is 0 Å². The van der Waals surface area contributed by atoms with Crippen LogP contribution in [0.4, 0.5) is 0 Å². The maximum atomic E-state index is 10.7. The molecule has 10 heavy (non-hydrogen) atoms. The van der Waals surface area contributed by atoms with Gasteiger partial charge < -0.3 is 4.42 Å². The van der Waals surface area contributed by atoms with Crippen molar-refractivity contribution in [3.63, 3.8) is 0 Å². The van der Waals surface area contributed by atoms with Crippen molar-refractivity contribution in [2.45, 2.75) is 19.8 Å². The van der Waals surface area contributed by atoms with E-state index in [9.17, 15) is 4.79 Å². The van der Waals surface area contributed by atoms with Crippen molar-refractivity contribution in [2.75, 3.05) is 0 Å². The molecule has 0 saturated carbocycles. The third-order valence-corrected chi connectivity index (χ3v) is 1.29. The first kappa shape index (κ1) is 7.06. The average Bonchev–Trinajstić information content (AvgIpc) is 1.88. The first-order valence-corrected chi connectivity index (χ1v) is 3.29. The molecule has 0 atom stereocenters. The fourth-order valence-corrected chi connectivity index (χ4v) is 0.705. The fourth-order valence-electron chi connectivity index (χ4n) is 0.705. The SMILES string of the molecule is CC(C)c1cc(=O)cco1. The summed E-state index contributed by atoms with van der Waals surface area (Å²) < 4.78 is 5.07. The van der Waals surface area contributed by atoms with Crippen LogP contribution in [0, 0.1) is 0 Å². The molecule has 1 aromatic heterocycles.